The van der Waals surface area contributed by atoms with Crippen LogP contribution in [0.2, 0.25) is 0 Å². The Kier molecular flexibility index (Phi) is 4.04. The van der Waals surface area contributed by atoms with E-state index >= 15 is 0 Å². The molecule has 0 saturated carbocycles. The molecule has 0 bridgehead atoms. The summed E-state index contributed by atoms with van der Waals surface area (Å²) in [5.74, 6) is 0.177. The van der Waals surface area contributed by atoms with Crippen molar-refractivity contribution in [2.75, 3.05) is 24.3 Å². The van der Waals surface area contributed by atoms with Crippen molar-refractivity contribution < 1.29 is 4.79 Å². The van der Waals surface area contributed by atoms with Gasteiger partial charge in [-0.25, -0.2) is 14.6 Å². The number of hydrogen-bond donors (Lipinski definition) is 1. The Morgan fingerprint density at radius 3 is 2.65 bits per heavy atom. The fraction of sp³-hybridized carbons (Fsp3) is 0.250. The van der Waals surface area contributed by atoms with Crippen LogP contribution in [0.25, 0.3) is 0 Å². The highest BCUT2D eigenvalue weighted by Crippen LogP contribution is 2.07. The molecule has 0 aliphatic rings. The van der Waals surface area contributed by atoms with Gasteiger partial charge in [0, 0.05) is 26.4 Å². The molecule has 0 atom stereocenters. The molecule has 0 saturated heterocycles. The molecule has 20 heavy (non-hydrogen) atoms. The number of rotatable bonds is 4. The van der Waals surface area contributed by atoms with E-state index in [0.29, 0.717) is 11.6 Å². The zero-order chi connectivity index (χ0) is 14.5. The molecule has 0 aliphatic heterocycles. The maximum atomic E-state index is 11.8. The Bertz CT molecular complexity index is 649. The number of hydrogen-bond acceptors (Lipinski definition) is 6. The van der Waals surface area contributed by atoms with E-state index in [2.05, 4.69) is 20.4 Å². The molecule has 0 unspecified atom stereocenters. The molecule has 1 amide bonds. The second-order valence-electron chi connectivity index (χ2n) is 4.23. The maximum absolute atomic E-state index is 11.8. The Labute approximate surface area is 115 Å². The first-order valence-corrected chi connectivity index (χ1v) is 5.87. The number of nitrogens with one attached hydrogen (secondary N) is 1. The molecule has 2 aromatic heterocycles. The van der Waals surface area contributed by atoms with Gasteiger partial charge in [0.15, 0.2) is 0 Å². The number of amides is 1. The minimum atomic E-state index is -0.369. The highest BCUT2D eigenvalue weighted by Gasteiger charge is 2.06. The molecule has 0 aliphatic carbocycles. The van der Waals surface area contributed by atoms with Crippen LogP contribution in [0.5, 0.6) is 0 Å². The Morgan fingerprint density at radius 2 is 2.05 bits per heavy atom. The monoisotopic (exact) mass is 274 g/mol. The van der Waals surface area contributed by atoms with Gasteiger partial charge in [-0.05, 0) is 6.07 Å². The summed E-state index contributed by atoms with van der Waals surface area (Å²) in [6.45, 7) is -0.158. The van der Waals surface area contributed by atoms with Gasteiger partial charge in [0.2, 0.25) is 11.9 Å². The quantitative estimate of drug-likeness (QED) is 0.825. The zero-order valence-corrected chi connectivity index (χ0v) is 11.1. The molecule has 0 fully saturated rings. The predicted octanol–water partition coefficient (Wildman–Crippen LogP) is -0.262. The molecule has 0 aromatic carbocycles. The van der Waals surface area contributed by atoms with E-state index in [4.69, 9.17) is 0 Å². The van der Waals surface area contributed by atoms with Gasteiger partial charge in [0.25, 0.3) is 5.56 Å². The fourth-order valence-electron chi connectivity index (χ4n) is 1.46. The van der Waals surface area contributed by atoms with Gasteiger partial charge in [-0.3, -0.25) is 9.59 Å². The maximum Gasteiger partial charge on any atom is 0.267 e. The first kappa shape index (κ1) is 13.7. The second-order valence-corrected chi connectivity index (χ2v) is 4.23. The van der Waals surface area contributed by atoms with E-state index in [1.165, 1.54) is 30.7 Å². The minimum absolute atomic E-state index is 0.158. The van der Waals surface area contributed by atoms with Crippen LogP contribution in [-0.2, 0) is 11.3 Å². The van der Waals surface area contributed by atoms with Crippen molar-refractivity contribution in [1.29, 1.82) is 0 Å². The molecule has 1 N–H and O–H groups in total. The molecular formula is C12H14N6O2. The summed E-state index contributed by atoms with van der Waals surface area (Å²) >= 11 is 0. The third-order valence-corrected chi connectivity index (χ3v) is 2.40. The summed E-state index contributed by atoms with van der Waals surface area (Å²) in [5, 5.41) is 6.40. The first-order valence-electron chi connectivity index (χ1n) is 5.87. The Hall–Kier alpha value is -2.77. The van der Waals surface area contributed by atoms with Crippen molar-refractivity contribution in [3.8, 4) is 0 Å². The lowest BCUT2D eigenvalue weighted by atomic mass is 10.4. The van der Waals surface area contributed by atoms with Crippen molar-refractivity contribution in [2.45, 2.75) is 6.54 Å². The molecule has 0 radical (unpaired) electrons. The van der Waals surface area contributed by atoms with Crippen LogP contribution < -0.4 is 15.8 Å². The van der Waals surface area contributed by atoms with Crippen LogP contribution >= 0.6 is 0 Å². The molecular weight excluding hydrogens is 260 g/mol. The topological polar surface area (TPSA) is 93.0 Å². The van der Waals surface area contributed by atoms with E-state index in [0.717, 1.165) is 4.68 Å². The summed E-state index contributed by atoms with van der Waals surface area (Å²) in [6, 6.07) is 2.86. The van der Waals surface area contributed by atoms with E-state index in [1.807, 2.05) is 14.1 Å². The number of carbonyl (C=O) groups is 1. The standard InChI is InChI=1S/C12H14N6O2/c1-17(2)12-13-6-9(7-14-12)16-10(19)8-18-11(20)4-3-5-15-18/h3-7H,8H2,1-2H3,(H,16,19). The molecule has 8 heteroatoms. The Morgan fingerprint density at radius 1 is 1.35 bits per heavy atom. The number of aromatic nitrogens is 4. The van der Waals surface area contributed by atoms with Crippen LogP contribution in [-0.4, -0.2) is 39.8 Å². The molecule has 2 rings (SSSR count). The smallest absolute Gasteiger partial charge is 0.267 e. The fourth-order valence-corrected chi connectivity index (χ4v) is 1.46. The van der Waals surface area contributed by atoms with Crippen LogP contribution in [0.4, 0.5) is 11.6 Å². The first-order chi connectivity index (χ1) is 9.56. The lowest BCUT2D eigenvalue weighted by molar-refractivity contribution is -0.117. The van der Waals surface area contributed by atoms with Crippen molar-refractivity contribution in [2.24, 2.45) is 0 Å². The third-order valence-electron chi connectivity index (χ3n) is 2.40. The lowest BCUT2D eigenvalue weighted by Crippen LogP contribution is -2.28. The molecule has 2 aromatic rings. The Balaban J connectivity index is 2.01. The molecule has 2 heterocycles. The minimum Gasteiger partial charge on any atom is -0.347 e. The van der Waals surface area contributed by atoms with Crippen LogP contribution in [0.15, 0.2) is 35.5 Å². The van der Waals surface area contributed by atoms with Gasteiger partial charge in [0.05, 0.1) is 18.1 Å². The summed E-state index contributed by atoms with van der Waals surface area (Å²) in [5.41, 5.74) is 0.131. The van der Waals surface area contributed by atoms with Crippen molar-refractivity contribution >= 4 is 17.5 Å². The summed E-state index contributed by atoms with van der Waals surface area (Å²) in [4.78, 5) is 33.1. The highest BCUT2D eigenvalue weighted by atomic mass is 16.2. The van der Waals surface area contributed by atoms with E-state index in [1.54, 1.807) is 4.90 Å². The van der Waals surface area contributed by atoms with E-state index < -0.39 is 0 Å². The second kappa shape index (κ2) is 5.91. The summed E-state index contributed by atoms with van der Waals surface area (Å²) in [7, 11) is 3.64. The van der Waals surface area contributed by atoms with Crippen molar-refractivity contribution in [3.05, 3.63) is 41.1 Å². The van der Waals surface area contributed by atoms with Crippen LogP contribution in [0.1, 0.15) is 0 Å². The van der Waals surface area contributed by atoms with Crippen LogP contribution in [0.3, 0.4) is 0 Å². The zero-order valence-electron chi connectivity index (χ0n) is 11.1. The number of nitrogens with zero attached hydrogens (tertiary/aromatic N) is 5. The average Bonchev–Trinajstić information content (AvgIpc) is 2.42. The normalized spacial score (nSPS) is 10.1. The van der Waals surface area contributed by atoms with Gasteiger partial charge < -0.3 is 10.2 Å². The summed E-state index contributed by atoms with van der Waals surface area (Å²) < 4.78 is 1.07. The summed E-state index contributed by atoms with van der Waals surface area (Å²) in [6.07, 6.45) is 4.45. The van der Waals surface area contributed by atoms with Crippen LogP contribution in [0, 0.1) is 0 Å². The third kappa shape index (κ3) is 3.37. The number of anilines is 2. The predicted molar refractivity (Wildman–Crippen MR) is 73.5 cm³/mol. The SMILES string of the molecule is CN(C)c1ncc(NC(=O)Cn2ncccc2=O)cn1. The van der Waals surface area contributed by atoms with Crippen molar-refractivity contribution in [3.63, 3.8) is 0 Å². The molecule has 104 valence electrons. The number of carbonyl (C=O) groups excluding carboxylic acids is 1. The molecule has 8 nitrogen and oxygen atoms in total. The van der Waals surface area contributed by atoms with Gasteiger partial charge in [-0.2, -0.15) is 5.10 Å². The van der Waals surface area contributed by atoms with Gasteiger partial charge in [-0.1, -0.05) is 0 Å². The van der Waals surface area contributed by atoms with Gasteiger partial charge >= 0.3 is 0 Å². The highest BCUT2D eigenvalue weighted by molar-refractivity contribution is 5.90. The van der Waals surface area contributed by atoms with E-state index in [9.17, 15) is 9.59 Å². The molecule has 0 spiro atoms. The van der Waals surface area contributed by atoms with E-state index in [-0.39, 0.29) is 18.0 Å². The lowest BCUT2D eigenvalue weighted by Gasteiger charge is -2.10. The average molecular weight is 274 g/mol. The van der Waals surface area contributed by atoms with Gasteiger partial charge in [0.1, 0.15) is 6.54 Å². The largest absolute Gasteiger partial charge is 0.347 e. The van der Waals surface area contributed by atoms with Crippen molar-refractivity contribution in [1.82, 2.24) is 19.7 Å². The van der Waals surface area contributed by atoms with Gasteiger partial charge in [-0.15, -0.1) is 0 Å².